The van der Waals surface area contributed by atoms with Crippen LogP contribution in [0.1, 0.15) is 42.5 Å². The van der Waals surface area contributed by atoms with Gasteiger partial charge in [-0.15, -0.1) is 0 Å². The summed E-state index contributed by atoms with van der Waals surface area (Å²) in [5.41, 5.74) is 0.468. The van der Waals surface area contributed by atoms with E-state index in [4.69, 9.17) is 0 Å². The Morgan fingerprint density at radius 1 is 1.35 bits per heavy atom. The van der Waals surface area contributed by atoms with Gasteiger partial charge >= 0.3 is 5.97 Å². The van der Waals surface area contributed by atoms with E-state index in [0.717, 1.165) is 25.7 Å². The molecule has 1 fully saturated rings. The number of carboxylic acids is 1. The molecule has 1 saturated carbocycles. The topological polar surface area (TPSA) is 83.7 Å². The molecule has 1 N–H and O–H groups in total. The minimum Gasteiger partial charge on any atom is -0.478 e. The average Bonchev–Trinajstić information content (AvgIpc) is 2.46. The van der Waals surface area contributed by atoms with E-state index in [9.17, 15) is 20.0 Å². The lowest BCUT2D eigenvalue weighted by Gasteiger charge is -2.33. The molecular weight excluding hydrogens is 260 g/mol. The van der Waals surface area contributed by atoms with Gasteiger partial charge in [0.1, 0.15) is 0 Å². The van der Waals surface area contributed by atoms with E-state index in [-0.39, 0.29) is 17.3 Å². The number of anilines is 1. The zero-order valence-electron chi connectivity index (χ0n) is 11.4. The predicted octanol–water partition coefficient (Wildman–Crippen LogP) is 3.06. The molecule has 6 heteroatoms. The van der Waals surface area contributed by atoms with E-state index >= 15 is 0 Å². The highest BCUT2D eigenvalue weighted by molar-refractivity contribution is 5.95. The molecule has 0 aliphatic heterocycles. The molecule has 108 valence electrons. The van der Waals surface area contributed by atoms with Crippen molar-refractivity contribution in [3.05, 3.63) is 33.9 Å². The first-order chi connectivity index (χ1) is 9.50. The van der Waals surface area contributed by atoms with Crippen molar-refractivity contribution in [1.82, 2.24) is 0 Å². The maximum absolute atomic E-state index is 11.3. The number of nitro groups is 1. The molecule has 0 bridgehead atoms. The van der Waals surface area contributed by atoms with Crippen molar-refractivity contribution in [2.45, 2.75) is 38.1 Å². The van der Waals surface area contributed by atoms with Crippen molar-refractivity contribution in [2.75, 3.05) is 11.9 Å². The van der Waals surface area contributed by atoms with Crippen molar-refractivity contribution >= 4 is 17.3 Å². The van der Waals surface area contributed by atoms with Crippen LogP contribution < -0.4 is 4.90 Å². The van der Waals surface area contributed by atoms with Crippen LogP contribution in [-0.4, -0.2) is 29.1 Å². The summed E-state index contributed by atoms with van der Waals surface area (Å²) >= 11 is 0. The summed E-state index contributed by atoms with van der Waals surface area (Å²) in [5.74, 6) is -1.06. The number of aromatic carboxylic acids is 1. The van der Waals surface area contributed by atoms with Crippen LogP contribution in [0.5, 0.6) is 0 Å². The van der Waals surface area contributed by atoms with E-state index in [1.54, 1.807) is 0 Å². The van der Waals surface area contributed by atoms with E-state index in [2.05, 4.69) is 0 Å². The van der Waals surface area contributed by atoms with E-state index in [1.807, 2.05) is 11.9 Å². The van der Waals surface area contributed by atoms with Gasteiger partial charge < -0.3 is 10.0 Å². The van der Waals surface area contributed by atoms with Crippen molar-refractivity contribution in [3.63, 3.8) is 0 Å². The Bertz CT molecular complexity index is 524. The van der Waals surface area contributed by atoms with Crippen LogP contribution >= 0.6 is 0 Å². The lowest BCUT2D eigenvalue weighted by molar-refractivity contribution is -0.384. The van der Waals surface area contributed by atoms with Gasteiger partial charge in [-0.25, -0.2) is 4.79 Å². The number of carbonyl (C=O) groups is 1. The van der Waals surface area contributed by atoms with Crippen LogP contribution in [0, 0.1) is 10.1 Å². The molecule has 1 aromatic rings. The van der Waals surface area contributed by atoms with Gasteiger partial charge in [0.05, 0.1) is 16.2 Å². The fourth-order valence-electron chi connectivity index (χ4n) is 2.77. The first kappa shape index (κ1) is 14.3. The molecule has 0 radical (unpaired) electrons. The Hall–Kier alpha value is -2.11. The SMILES string of the molecule is CN(c1cc([N+](=O)[O-])ccc1C(=O)O)C1CCCCC1. The number of benzene rings is 1. The van der Waals surface area contributed by atoms with Crippen LogP contribution in [0.2, 0.25) is 0 Å². The molecular formula is C14H18N2O4. The summed E-state index contributed by atoms with van der Waals surface area (Å²) in [7, 11) is 1.82. The molecule has 0 amide bonds. The molecule has 0 heterocycles. The fourth-order valence-corrected chi connectivity index (χ4v) is 2.77. The van der Waals surface area contributed by atoms with Gasteiger partial charge in [0.25, 0.3) is 5.69 Å². The lowest BCUT2D eigenvalue weighted by Crippen LogP contribution is -2.34. The highest BCUT2D eigenvalue weighted by Crippen LogP contribution is 2.31. The number of rotatable bonds is 4. The summed E-state index contributed by atoms with van der Waals surface area (Å²) < 4.78 is 0. The summed E-state index contributed by atoms with van der Waals surface area (Å²) in [6.07, 6.45) is 5.43. The average molecular weight is 278 g/mol. The second-order valence-corrected chi connectivity index (χ2v) is 5.17. The summed E-state index contributed by atoms with van der Waals surface area (Å²) in [4.78, 5) is 23.6. The van der Waals surface area contributed by atoms with Gasteiger partial charge in [-0.05, 0) is 18.9 Å². The number of nitrogens with zero attached hydrogens (tertiary/aromatic N) is 2. The van der Waals surface area contributed by atoms with Crippen molar-refractivity contribution < 1.29 is 14.8 Å². The Kier molecular flexibility index (Phi) is 4.22. The molecule has 0 atom stereocenters. The third-order valence-electron chi connectivity index (χ3n) is 3.92. The van der Waals surface area contributed by atoms with Crippen molar-refractivity contribution in [2.24, 2.45) is 0 Å². The van der Waals surface area contributed by atoms with E-state index in [0.29, 0.717) is 5.69 Å². The third kappa shape index (κ3) is 2.89. The quantitative estimate of drug-likeness (QED) is 0.676. The van der Waals surface area contributed by atoms with Gasteiger partial charge in [-0.1, -0.05) is 19.3 Å². The molecule has 6 nitrogen and oxygen atoms in total. The maximum Gasteiger partial charge on any atom is 0.337 e. The van der Waals surface area contributed by atoms with Crippen molar-refractivity contribution in [3.8, 4) is 0 Å². The smallest absolute Gasteiger partial charge is 0.337 e. The molecule has 1 aliphatic carbocycles. The molecule has 2 rings (SSSR count). The van der Waals surface area contributed by atoms with Gasteiger partial charge in [0.2, 0.25) is 0 Å². The lowest BCUT2D eigenvalue weighted by atomic mass is 9.93. The van der Waals surface area contributed by atoms with Gasteiger partial charge in [-0.2, -0.15) is 0 Å². The Morgan fingerprint density at radius 2 is 2.00 bits per heavy atom. The van der Waals surface area contributed by atoms with E-state index < -0.39 is 10.9 Å². The van der Waals surface area contributed by atoms with Crippen LogP contribution in [0.3, 0.4) is 0 Å². The standard InChI is InChI=1S/C14H18N2O4/c1-15(10-5-3-2-4-6-10)13-9-11(16(19)20)7-8-12(13)14(17)18/h7-10H,2-6H2,1H3,(H,17,18). The van der Waals surface area contributed by atoms with Gasteiger partial charge in [0, 0.05) is 25.2 Å². The summed E-state index contributed by atoms with van der Waals surface area (Å²) in [6, 6.07) is 4.17. The summed E-state index contributed by atoms with van der Waals surface area (Å²) in [5, 5.41) is 20.1. The largest absolute Gasteiger partial charge is 0.478 e. The monoisotopic (exact) mass is 278 g/mol. The highest BCUT2D eigenvalue weighted by atomic mass is 16.6. The normalized spacial score (nSPS) is 15.8. The van der Waals surface area contributed by atoms with Crippen LogP contribution in [-0.2, 0) is 0 Å². The molecule has 1 aromatic carbocycles. The number of hydrogen-bond donors (Lipinski definition) is 1. The highest BCUT2D eigenvalue weighted by Gasteiger charge is 2.24. The minimum absolute atomic E-state index is 0.0762. The number of carboxylic acid groups (broad SMARTS) is 1. The first-order valence-corrected chi connectivity index (χ1v) is 6.75. The zero-order valence-corrected chi connectivity index (χ0v) is 11.4. The Balaban J connectivity index is 2.37. The number of nitro benzene ring substituents is 1. The number of non-ortho nitro benzene ring substituents is 1. The van der Waals surface area contributed by atoms with Gasteiger partial charge in [-0.3, -0.25) is 10.1 Å². The molecule has 0 unspecified atom stereocenters. The second-order valence-electron chi connectivity index (χ2n) is 5.17. The first-order valence-electron chi connectivity index (χ1n) is 6.75. The minimum atomic E-state index is -1.06. The van der Waals surface area contributed by atoms with E-state index in [1.165, 1.54) is 24.6 Å². The molecule has 20 heavy (non-hydrogen) atoms. The fraction of sp³-hybridized carbons (Fsp3) is 0.500. The maximum atomic E-state index is 11.3. The van der Waals surface area contributed by atoms with Crippen LogP contribution in [0.25, 0.3) is 0 Å². The second kappa shape index (κ2) is 5.90. The molecule has 0 spiro atoms. The number of hydrogen-bond acceptors (Lipinski definition) is 4. The summed E-state index contributed by atoms with van der Waals surface area (Å²) in [6.45, 7) is 0. The Labute approximate surface area is 117 Å². The molecule has 0 saturated heterocycles. The zero-order chi connectivity index (χ0) is 14.7. The van der Waals surface area contributed by atoms with Gasteiger partial charge in [0.15, 0.2) is 0 Å². The molecule has 1 aliphatic rings. The van der Waals surface area contributed by atoms with Crippen LogP contribution in [0.15, 0.2) is 18.2 Å². The van der Waals surface area contributed by atoms with Crippen LogP contribution in [0.4, 0.5) is 11.4 Å². The Morgan fingerprint density at radius 3 is 2.55 bits per heavy atom. The third-order valence-corrected chi connectivity index (χ3v) is 3.92. The molecule has 0 aromatic heterocycles. The predicted molar refractivity (Wildman–Crippen MR) is 75.3 cm³/mol. The van der Waals surface area contributed by atoms with Crippen molar-refractivity contribution in [1.29, 1.82) is 0 Å².